The van der Waals surface area contributed by atoms with Crippen molar-refractivity contribution >= 4 is 23.6 Å². The van der Waals surface area contributed by atoms with Gasteiger partial charge in [0.2, 0.25) is 0 Å². The number of carbonyl (C=O) groups excluding carboxylic acids is 2. The van der Waals surface area contributed by atoms with E-state index in [2.05, 4.69) is 5.43 Å². The smallest absolute Gasteiger partial charge is 0.416 e. The van der Waals surface area contributed by atoms with Crippen molar-refractivity contribution in [2.45, 2.75) is 6.18 Å². The fraction of sp³-hybridized carbons (Fsp3) is 0.111. The van der Waals surface area contributed by atoms with E-state index in [0.29, 0.717) is 5.56 Å². The predicted molar refractivity (Wildman–Crippen MR) is 89.7 cm³/mol. The van der Waals surface area contributed by atoms with Gasteiger partial charge in [0.1, 0.15) is 5.57 Å². The Bertz CT molecular complexity index is 954. The molecule has 0 spiro atoms. The molecule has 0 radical (unpaired) electrons. The van der Waals surface area contributed by atoms with Gasteiger partial charge in [0.15, 0.2) is 11.5 Å². The highest BCUT2D eigenvalue weighted by Gasteiger charge is 2.36. The van der Waals surface area contributed by atoms with Crippen LogP contribution in [0.25, 0.3) is 6.08 Å². The van der Waals surface area contributed by atoms with Crippen LogP contribution in [0.2, 0.25) is 0 Å². The Balaban J connectivity index is 1.94. The third-order valence-corrected chi connectivity index (χ3v) is 3.84. The van der Waals surface area contributed by atoms with Gasteiger partial charge in [0.25, 0.3) is 11.8 Å². The normalized spacial score (nSPS) is 16.0. The van der Waals surface area contributed by atoms with Gasteiger partial charge in [-0.3, -0.25) is 15.0 Å². The van der Waals surface area contributed by atoms with Gasteiger partial charge in [0, 0.05) is 0 Å². The van der Waals surface area contributed by atoms with Crippen LogP contribution in [0.5, 0.6) is 11.5 Å². The van der Waals surface area contributed by atoms with Crippen molar-refractivity contribution in [1.29, 1.82) is 0 Å². The first-order valence-corrected chi connectivity index (χ1v) is 7.62. The molecule has 3 rings (SSSR count). The molecule has 2 aromatic carbocycles. The van der Waals surface area contributed by atoms with E-state index in [1.54, 1.807) is 0 Å². The first-order valence-electron chi connectivity index (χ1n) is 7.62. The van der Waals surface area contributed by atoms with Crippen LogP contribution in [-0.4, -0.2) is 24.0 Å². The summed E-state index contributed by atoms with van der Waals surface area (Å²) in [5, 5.41) is 10.3. The van der Waals surface area contributed by atoms with Crippen LogP contribution in [-0.2, 0) is 15.8 Å². The number of anilines is 1. The van der Waals surface area contributed by atoms with Gasteiger partial charge < -0.3 is 9.84 Å². The monoisotopic (exact) mass is 378 g/mol. The number of ether oxygens (including phenoxy) is 1. The number of nitrogens with zero attached hydrogens (tertiary/aromatic N) is 1. The molecule has 2 N–H and O–H groups in total. The number of hydrogen-bond acceptors (Lipinski definition) is 4. The minimum absolute atomic E-state index is 0.116. The Hall–Kier alpha value is -3.49. The maximum absolute atomic E-state index is 12.9. The zero-order valence-electron chi connectivity index (χ0n) is 13.9. The molecule has 9 heteroatoms. The lowest BCUT2D eigenvalue weighted by atomic mass is 10.1. The molecular formula is C18H13F3N2O4. The summed E-state index contributed by atoms with van der Waals surface area (Å²) in [5.41, 5.74) is 1.31. The molecule has 27 heavy (non-hydrogen) atoms. The summed E-state index contributed by atoms with van der Waals surface area (Å²) >= 11 is 0. The number of alkyl halides is 3. The van der Waals surface area contributed by atoms with Crippen LogP contribution in [0.15, 0.2) is 48.0 Å². The van der Waals surface area contributed by atoms with Crippen LogP contribution in [0.3, 0.4) is 0 Å². The van der Waals surface area contributed by atoms with Crippen LogP contribution < -0.4 is 15.2 Å². The summed E-state index contributed by atoms with van der Waals surface area (Å²) in [7, 11) is 1.34. The third kappa shape index (κ3) is 3.57. The number of phenolic OH excluding ortho intramolecular Hbond substituents is 1. The lowest BCUT2D eigenvalue weighted by Gasteiger charge is -2.16. The number of hydrogen-bond donors (Lipinski definition) is 2. The third-order valence-electron chi connectivity index (χ3n) is 3.84. The molecule has 0 unspecified atom stereocenters. The maximum atomic E-state index is 12.9. The van der Waals surface area contributed by atoms with Gasteiger partial charge in [-0.1, -0.05) is 12.1 Å². The zero-order valence-corrected chi connectivity index (χ0v) is 13.9. The van der Waals surface area contributed by atoms with E-state index in [1.807, 2.05) is 0 Å². The van der Waals surface area contributed by atoms with Crippen molar-refractivity contribution in [2.24, 2.45) is 0 Å². The number of aromatic hydroxyl groups is 1. The Morgan fingerprint density at radius 1 is 1.15 bits per heavy atom. The molecule has 0 saturated carbocycles. The van der Waals surface area contributed by atoms with Crippen molar-refractivity contribution in [3.63, 3.8) is 0 Å². The molecule has 0 aliphatic carbocycles. The molecule has 1 aliphatic rings. The number of phenols is 1. The first-order chi connectivity index (χ1) is 12.7. The standard InChI is InChI=1S/C18H13F3N2O4/c1-27-15-8-10(5-6-14(15)24)7-13-16(25)22-23(17(13)26)12-4-2-3-11(9-12)18(19,20)21/h2-9,24H,1H3,(H,22,25). The minimum Gasteiger partial charge on any atom is -0.504 e. The van der Waals surface area contributed by atoms with Crippen molar-refractivity contribution in [2.75, 3.05) is 12.1 Å². The molecule has 1 heterocycles. The number of benzene rings is 2. The number of carbonyl (C=O) groups is 2. The first kappa shape index (κ1) is 18.3. The average molecular weight is 378 g/mol. The van der Waals surface area contributed by atoms with Crippen LogP contribution >= 0.6 is 0 Å². The van der Waals surface area contributed by atoms with Gasteiger partial charge in [0.05, 0.1) is 18.4 Å². The topological polar surface area (TPSA) is 78.9 Å². The van der Waals surface area contributed by atoms with E-state index in [4.69, 9.17) is 4.74 Å². The quantitative estimate of drug-likeness (QED) is 0.636. The van der Waals surface area contributed by atoms with Gasteiger partial charge in [-0.05, 0) is 42.0 Å². The Morgan fingerprint density at radius 2 is 1.89 bits per heavy atom. The van der Waals surface area contributed by atoms with Crippen molar-refractivity contribution < 1.29 is 32.6 Å². The largest absolute Gasteiger partial charge is 0.504 e. The molecule has 2 aromatic rings. The highest BCUT2D eigenvalue weighted by atomic mass is 19.4. The molecule has 0 aromatic heterocycles. The van der Waals surface area contributed by atoms with Crippen molar-refractivity contribution in [3.8, 4) is 11.5 Å². The van der Waals surface area contributed by atoms with E-state index in [-0.39, 0.29) is 22.8 Å². The summed E-state index contributed by atoms with van der Waals surface area (Å²) in [5.74, 6) is -1.53. The molecule has 1 saturated heterocycles. The summed E-state index contributed by atoms with van der Waals surface area (Å²) in [6.45, 7) is 0. The van der Waals surface area contributed by atoms with E-state index in [1.165, 1.54) is 37.5 Å². The molecule has 1 aliphatic heterocycles. The summed E-state index contributed by atoms with van der Waals surface area (Å²) < 4.78 is 43.5. The maximum Gasteiger partial charge on any atom is 0.416 e. The van der Waals surface area contributed by atoms with E-state index in [9.17, 15) is 27.9 Å². The average Bonchev–Trinajstić information content (AvgIpc) is 2.91. The number of nitrogens with one attached hydrogen (secondary N) is 1. The molecule has 140 valence electrons. The summed E-state index contributed by atoms with van der Waals surface area (Å²) in [4.78, 5) is 24.6. The lowest BCUT2D eigenvalue weighted by Crippen LogP contribution is -2.35. The summed E-state index contributed by atoms with van der Waals surface area (Å²) in [6.07, 6.45) is -3.32. The van der Waals surface area contributed by atoms with Crippen molar-refractivity contribution in [1.82, 2.24) is 5.43 Å². The van der Waals surface area contributed by atoms with Crippen LogP contribution in [0.1, 0.15) is 11.1 Å². The molecular weight excluding hydrogens is 365 g/mol. The minimum atomic E-state index is -4.58. The lowest BCUT2D eigenvalue weighted by molar-refractivity contribution is -0.137. The Morgan fingerprint density at radius 3 is 2.56 bits per heavy atom. The van der Waals surface area contributed by atoms with Crippen LogP contribution in [0.4, 0.5) is 18.9 Å². The number of halogens is 3. The van der Waals surface area contributed by atoms with Gasteiger partial charge in [-0.15, -0.1) is 0 Å². The van der Waals surface area contributed by atoms with Gasteiger partial charge >= 0.3 is 6.18 Å². The van der Waals surface area contributed by atoms with E-state index < -0.39 is 23.6 Å². The Labute approximate surface area is 151 Å². The van der Waals surface area contributed by atoms with E-state index >= 15 is 0 Å². The number of hydrazine groups is 1. The highest BCUT2D eigenvalue weighted by Crippen LogP contribution is 2.33. The fourth-order valence-corrected chi connectivity index (χ4v) is 2.51. The fourth-order valence-electron chi connectivity index (χ4n) is 2.51. The molecule has 2 amide bonds. The number of amides is 2. The second-order valence-corrected chi connectivity index (χ2v) is 5.62. The molecule has 0 bridgehead atoms. The van der Waals surface area contributed by atoms with Crippen molar-refractivity contribution in [3.05, 3.63) is 59.2 Å². The second kappa shape index (κ2) is 6.67. The van der Waals surface area contributed by atoms with Gasteiger partial charge in [-0.2, -0.15) is 13.2 Å². The molecule has 1 fully saturated rings. The second-order valence-electron chi connectivity index (χ2n) is 5.62. The summed E-state index contributed by atoms with van der Waals surface area (Å²) in [6, 6.07) is 8.25. The van der Waals surface area contributed by atoms with Crippen LogP contribution in [0, 0.1) is 0 Å². The Kier molecular flexibility index (Phi) is 4.52. The zero-order chi connectivity index (χ0) is 19.8. The number of rotatable bonds is 3. The SMILES string of the molecule is COc1cc(C=C2C(=O)NN(c3cccc(C(F)(F)F)c3)C2=O)ccc1O. The molecule has 6 nitrogen and oxygen atoms in total. The molecule has 0 atom stereocenters. The highest BCUT2D eigenvalue weighted by molar-refractivity contribution is 6.31. The predicted octanol–water partition coefficient (Wildman–Crippen LogP) is 2.88. The number of methoxy groups -OCH3 is 1. The van der Waals surface area contributed by atoms with E-state index in [0.717, 1.165) is 23.2 Å². The van der Waals surface area contributed by atoms with Gasteiger partial charge in [-0.25, -0.2) is 5.01 Å².